The van der Waals surface area contributed by atoms with Gasteiger partial charge in [0.25, 0.3) is 0 Å². The summed E-state index contributed by atoms with van der Waals surface area (Å²) < 4.78 is 0. The molecule has 8 heteroatoms. The molecule has 28 heavy (non-hydrogen) atoms. The molecule has 0 bridgehead atoms. The SMILES string of the molecule is CCNC(=NCCN1C(=O)CNC1=O)NC1CC(C)N(Cc2ccccc2)C1. The molecule has 0 aliphatic carbocycles. The molecular formula is C20H30N6O2. The molecule has 1 aromatic rings. The topological polar surface area (TPSA) is 89.1 Å². The van der Waals surface area contributed by atoms with E-state index in [-0.39, 0.29) is 18.5 Å². The Morgan fingerprint density at radius 1 is 1.29 bits per heavy atom. The van der Waals surface area contributed by atoms with Gasteiger partial charge in [-0.1, -0.05) is 30.3 Å². The van der Waals surface area contributed by atoms with Crippen LogP contribution in [0.3, 0.4) is 0 Å². The summed E-state index contributed by atoms with van der Waals surface area (Å²) in [7, 11) is 0. The van der Waals surface area contributed by atoms with Crippen molar-refractivity contribution in [2.75, 3.05) is 32.7 Å². The van der Waals surface area contributed by atoms with Crippen LogP contribution in [0.4, 0.5) is 4.79 Å². The molecule has 2 aliphatic rings. The number of nitrogens with zero attached hydrogens (tertiary/aromatic N) is 3. The summed E-state index contributed by atoms with van der Waals surface area (Å²) in [5.74, 6) is 0.535. The van der Waals surface area contributed by atoms with E-state index in [9.17, 15) is 9.59 Å². The summed E-state index contributed by atoms with van der Waals surface area (Å²) >= 11 is 0. The first-order valence-corrected chi connectivity index (χ1v) is 9.97. The molecule has 2 heterocycles. The average molecular weight is 387 g/mol. The Kier molecular flexibility index (Phi) is 6.86. The van der Waals surface area contributed by atoms with Crippen LogP contribution in [0, 0.1) is 0 Å². The normalized spacial score (nSPS) is 23.2. The number of guanidine groups is 1. The number of hydrogen-bond donors (Lipinski definition) is 3. The predicted octanol–water partition coefficient (Wildman–Crippen LogP) is 0.756. The molecule has 0 aromatic heterocycles. The van der Waals surface area contributed by atoms with Gasteiger partial charge in [0.2, 0.25) is 5.91 Å². The van der Waals surface area contributed by atoms with Crippen molar-refractivity contribution in [3.8, 4) is 0 Å². The Bertz CT molecular complexity index is 692. The maximum Gasteiger partial charge on any atom is 0.324 e. The number of carbonyl (C=O) groups excluding carboxylic acids is 2. The minimum atomic E-state index is -0.334. The number of hydrogen-bond acceptors (Lipinski definition) is 4. The monoisotopic (exact) mass is 386 g/mol. The van der Waals surface area contributed by atoms with Crippen LogP contribution in [0.15, 0.2) is 35.3 Å². The van der Waals surface area contributed by atoms with E-state index >= 15 is 0 Å². The van der Waals surface area contributed by atoms with Crippen molar-refractivity contribution in [3.63, 3.8) is 0 Å². The summed E-state index contributed by atoms with van der Waals surface area (Å²) in [6, 6.07) is 11.0. The van der Waals surface area contributed by atoms with E-state index in [2.05, 4.69) is 57.0 Å². The number of rotatable bonds is 7. The molecule has 0 saturated carbocycles. The van der Waals surface area contributed by atoms with Gasteiger partial charge in [-0.3, -0.25) is 19.6 Å². The van der Waals surface area contributed by atoms with Crippen LogP contribution in [0.2, 0.25) is 0 Å². The quantitative estimate of drug-likeness (QED) is 0.366. The number of carbonyl (C=O) groups is 2. The van der Waals surface area contributed by atoms with E-state index in [1.54, 1.807) is 0 Å². The van der Waals surface area contributed by atoms with E-state index in [1.165, 1.54) is 10.5 Å². The maximum absolute atomic E-state index is 11.6. The van der Waals surface area contributed by atoms with Crippen LogP contribution in [0.5, 0.6) is 0 Å². The van der Waals surface area contributed by atoms with Crippen molar-refractivity contribution >= 4 is 17.9 Å². The molecule has 3 N–H and O–H groups in total. The Balaban J connectivity index is 1.52. The average Bonchev–Trinajstić information content (AvgIpc) is 3.18. The Morgan fingerprint density at radius 3 is 2.75 bits per heavy atom. The second-order valence-electron chi connectivity index (χ2n) is 7.31. The number of imide groups is 1. The van der Waals surface area contributed by atoms with Crippen LogP contribution in [0.1, 0.15) is 25.8 Å². The van der Waals surface area contributed by atoms with Gasteiger partial charge in [-0.25, -0.2) is 4.79 Å². The largest absolute Gasteiger partial charge is 0.357 e. The molecule has 2 fully saturated rings. The maximum atomic E-state index is 11.6. The molecule has 8 nitrogen and oxygen atoms in total. The third-order valence-corrected chi connectivity index (χ3v) is 5.15. The number of amides is 3. The van der Waals surface area contributed by atoms with Crippen LogP contribution in [-0.4, -0.2) is 72.5 Å². The third-order valence-electron chi connectivity index (χ3n) is 5.15. The number of nitrogens with one attached hydrogen (secondary N) is 3. The first-order valence-electron chi connectivity index (χ1n) is 9.97. The van der Waals surface area contributed by atoms with Crippen LogP contribution in [0.25, 0.3) is 0 Å². The molecule has 2 atom stereocenters. The van der Waals surface area contributed by atoms with Gasteiger partial charge in [0.05, 0.1) is 19.6 Å². The first kappa shape index (κ1) is 20.1. The van der Waals surface area contributed by atoms with Crippen molar-refractivity contribution < 1.29 is 9.59 Å². The fraction of sp³-hybridized carbons (Fsp3) is 0.550. The second kappa shape index (κ2) is 9.54. The van der Waals surface area contributed by atoms with Crippen LogP contribution in [-0.2, 0) is 11.3 Å². The zero-order chi connectivity index (χ0) is 19.9. The van der Waals surface area contributed by atoms with E-state index < -0.39 is 0 Å². The molecule has 152 valence electrons. The van der Waals surface area contributed by atoms with Gasteiger partial charge < -0.3 is 16.0 Å². The minimum absolute atomic E-state index is 0.0814. The Labute approximate surface area is 166 Å². The molecular weight excluding hydrogens is 356 g/mol. The molecule has 2 unspecified atom stereocenters. The summed E-state index contributed by atoms with van der Waals surface area (Å²) in [6.45, 7) is 7.68. The molecule has 2 aliphatic heterocycles. The van der Waals surface area contributed by atoms with Gasteiger partial charge in [-0.2, -0.15) is 0 Å². The number of likely N-dealkylation sites (tertiary alicyclic amines) is 1. The predicted molar refractivity (Wildman–Crippen MR) is 109 cm³/mol. The molecule has 1 aromatic carbocycles. The first-order chi connectivity index (χ1) is 13.6. The Hall–Kier alpha value is -2.61. The van der Waals surface area contributed by atoms with Gasteiger partial charge in [0.1, 0.15) is 0 Å². The summed E-state index contributed by atoms with van der Waals surface area (Å²) in [6.07, 6.45) is 1.05. The summed E-state index contributed by atoms with van der Waals surface area (Å²) in [4.78, 5) is 31.5. The van der Waals surface area contributed by atoms with Crippen molar-refractivity contribution in [1.29, 1.82) is 0 Å². The molecule has 0 radical (unpaired) electrons. The highest BCUT2D eigenvalue weighted by Gasteiger charge is 2.30. The van der Waals surface area contributed by atoms with Crippen molar-refractivity contribution in [1.82, 2.24) is 25.8 Å². The fourth-order valence-electron chi connectivity index (χ4n) is 3.70. The zero-order valence-corrected chi connectivity index (χ0v) is 16.6. The lowest BCUT2D eigenvalue weighted by Gasteiger charge is -2.21. The lowest BCUT2D eigenvalue weighted by atomic mass is 10.2. The Morgan fingerprint density at radius 2 is 2.07 bits per heavy atom. The summed E-state index contributed by atoms with van der Waals surface area (Å²) in [5, 5.41) is 9.28. The molecule has 3 amide bonds. The highest BCUT2D eigenvalue weighted by atomic mass is 16.2. The molecule has 2 saturated heterocycles. The van der Waals surface area contributed by atoms with Crippen LogP contribution >= 0.6 is 0 Å². The van der Waals surface area contributed by atoms with Crippen molar-refractivity contribution in [2.45, 2.75) is 38.9 Å². The van der Waals surface area contributed by atoms with E-state index in [4.69, 9.17) is 0 Å². The van der Waals surface area contributed by atoms with E-state index in [0.29, 0.717) is 25.2 Å². The highest BCUT2D eigenvalue weighted by molar-refractivity contribution is 6.01. The smallest absolute Gasteiger partial charge is 0.324 e. The van der Waals surface area contributed by atoms with Crippen LogP contribution < -0.4 is 16.0 Å². The number of benzene rings is 1. The zero-order valence-electron chi connectivity index (χ0n) is 16.6. The lowest BCUT2D eigenvalue weighted by molar-refractivity contribution is -0.124. The van der Waals surface area contributed by atoms with Crippen molar-refractivity contribution in [3.05, 3.63) is 35.9 Å². The summed E-state index contributed by atoms with van der Waals surface area (Å²) in [5.41, 5.74) is 1.32. The molecule has 0 spiro atoms. The van der Waals surface area contributed by atoms with Gasteiger partial charge >= 0.3 is 6.03 Å². The van der Waals surface area contributed by atoms with Gasteiger partial charge in [0, 0.05) is 31.7 Å². The van der Waals surface area contributed by atoms with Gasteiger partial charge in [0.15, 0.2) is 5.96 Å². The highest BCUT2D eigenvalue weighted by Crippen LogP contribution is 2.20. The molecule has 3 rings (SSSR count). The van der Waals surface area contributed by atoms with E-state index in [0.717, 1.165) is 32.0 Å². The second-order valence-corrected chi connectivity index (χ2v) is 7.31. The van der Waals surface area contributed by atoms with Gasteiger partial charge in [-0.15, -0.1) is 0 Å². The van der Waals surface area contributed by atoms with Gasteiger partial charge in [-0.05, 0) is 25.8 Å². The van der Waals surface area contributed by atoms with E-state index in [1.807, 2.05) is 13.0 Å². The third kappa shape index (κ3) is 5.22. The van der Waals surface area contributed by atoms with Crippen molar-refractivity contribution in [2.24, 2.45) is 4.99 Å². The number of urea groups is 1. The fourth-order valence-corrected chi connectivity index (χ4v) is 3.70. The minimum Gasteiger partial charge on any atom is -0.357 e. The lowest BCUT2D eigenvalue weighted by Crippen LogP contribution is -2.45. The number of aliphatic imine (C=N–C) groups is 1. The standard InChI is InChI=1S/C20H30N6O2/c1-3-21-19(22-9-10-26-18(27)12-23-20(26)28)24-17-11-15(2)25(14-17)13-16-7-5-4-6-8-16/h4-8,15,17H,3,9-14H2,1-2H3,(H,23,28)(H2,21,22,24).